The summed E-state index contributed by atoms with van der Waals surface area (Å²) in [6, 6.07) is 14.0. The number of hydrogen-bond donors (Lipinski definition) is 2. The van der Waals surface area contributed by atoms with E-state index in [2.05, 4.69) is 20.1 Å². The maximum absolute atomic E-state index is 12.9. The molecule has 0 spiro atoms. The van der Waals surface area contributed by atoms with E-state index >= 15 is 0 Å². The molecule has 2 aromatic carbocycles. The van der Waals surface area contributed by atoms with E-state index in [1.807, 2.05) is 38.1 Å². The number of sulfonamides is 1. The maximum atomic E-state index is 12.9. The summed E-state index contributed by atoms with van der Waals surface area (Å²) in [7, 11) is -3.79. The first kappa shape index (κ1) is 22.7. The highest BCUT2D eigenvalue weighted by molar-refractivity contribution is 7.90. The van der Waals surface area contributed by atoms with Gasteiger partial charge in [0.05, 0.1) is 28.0 Å². The zero-order valence-corrected chi connectivity index (χ0v) is 19.5. The minimum Gasteiger partial charge on any atom is -0.322 e. The van der Waals surface area contributed by atoms with Gasteiger partial charge in [-0.05, 0) is 56.5 Å². The van der Waals surface area contributed by atoms with E-state index in [0.717, 1.165) is 30.5 Å². The molecule has 0 radical (unpaired) electrons. The van der Waals surface area contributed by atoms with Crippen LogP contribution in [0.15, 0.2) is 64.6 Å². The van der Waals surface area contributed by atoms with Crippen molar-refractivity contribution in [2.24, 2.45) is 4.99 Å². The number of para-hydroxylation sites is 1. The highest BCUT2D eigenvalue weighted by Gasteiger charge is 2.20. The summed E-state index contributed by atoms with van der Waals surface area (Å²) in [6.45, 7) is 4.44. The Morgan fingerprint density at radius 2 is 1.85 bits per heavy atom. The van der Waals surface area contributed by atoms with Crippen LogP contribution in [-0.2, 0) is 10.0 Å². The molecule has 0 atom stereocenters. The quantitative estimate of drug-likeness (QED) is 0.594. The summed E-state index contributed by atoms with van der Waals surface area (Å²) >= 11 is 0. The first-order chi connectivity index (χ1) is 15.8. The van der Waals surface area contributed by atoms with Gasteiger partial charge in [0.1, 0.15) is 5.84 Å². The number of aromatic nitrogens is 2. The molecule has 1 aliphatic heterocycles. The third kappa shape index (κ3) is 5.14. The largest absolute Gasteiger partial charge is 0.322 e. The van der Waals surface area contributed by atoms with E-state index in [9.17, 15) is 13.2 Å². The number of aliphatic imine (C=N–C) groups is 1. The van der Waals surface area contributed by atoms with E-state index in [1.165, 1.54) is 18.3 Å². The van der Waals surface area contributed by atoms with Gasteiger partial charge in [-0.2, -0.15) is 5.10 Å². The van der Waals surface area contributed by atoms with Crippen molar-refractivity contribution in [1.29, 1.82) is 0 Å². The van der Waals surface area contributed by atoms with Crippen LogP contribution in [0.2, 0.25) is 0 Å². The van der Waals surface area contributed by atoms with Gasteiger partial charge in [0.2, 0.25) is 0 Å². The molecular formula is C24H27N5O3S. The molecule has 1 aromatic heterocycles. The predicted molar refractivity (Wildman–Crippen MR) is 129 cm³/mol. The Kier molecular flexibility index (Phi) is 6.60. The Balaban J connectivity index is 1.53. The van der Waals surface area contributed by atoms with Gasteiger partial charge in [-0.1, -0.05) is 30.7 Å². The standard InChI is InChI=1S/C24H27N5O3S/c1-17-9-5-6-12-22(17)29-18(2)21(16-26-29)24(30)27-19-10-8-11-20(15-19)33(31,32)28-23-13-4-3-7-14-25-23/h5-6,8-12,15-16H,3-4,7,13-14H2,1-2H3,(H,25,28)(H,27,30). The van der Waals surface area contributed by atoms with Gasteiger partial charge < -0.3 is 5.32 Å². The molecule has 9 heteroatoms. The predicted octanol–water partition coefficient (Wildman–Crippen LogP) is 3.99. The molecule has 1 amide bonds. The average molecular weight is 466 g/mol. The van der Waals surface area contributed by atoms with E-state index < -0.39 is 10.0 Å². The van der Waals surface area contributed by atoms with E-state index in [0.29, 0.717) is 35.7 Å². The Bertz CT molecular complexity index is 1310. The molecular weight excluding hydrogens is 438 g/mol. The number of anilines is 1. The lowest BCUT2D eigenvalue weighted by Gasteiger charge is -2.11. The summed E-state index contributed by atoms with van der Waals surface area (Å²) < 4.78 is 30.0. The lowest BCUT2D eigenvalue weighted by molar-refractivity contribution is 0.102. The minimum absolute atomic E-state index is 0.0691. The first-order valence-electron chi connectivity index (χ1n) is 10.9. The highest BCUT2D eigenvalue weighted by Crippen LogP contribution is 2.20. The fourth-order valence-corrected chi connectivity index (χ4v) is 4.92. The van der Waals surface area contributed by atoms with Gasteiger partial charge in [0.15, 0.2) is 0 Å². The van der Waals surface area contributed by atoms with Gasteiger partial charge >= 0.3 is 0 Å². The van der Waals surface area contributed by atoms with Crippen molar-refractivity contribution >= 4 is 27.5 Å². The van der Waals surface area contributed by atoms with Gasteiger partial charge in [-0.3, -0.25) is 14.5 Å². The fraction of sp³-hybridized carbons (Fsp3) is 0.292. The zero-order valence-electron chi connectivity index (χ0n) is 18.7. The molecule has 0 bridgehead atoms. The number of nitrogens with one attached hydrogen (secondary N) is 2. The zero-order chi connectivity index (χ0) is 23.4. The molecule has 4 rings (SSSR count). The van der Waals surface area contributed by atoms with Crippen LogP contribution in [0, 0.1) is 13.8 Å². The van der Waals surface area contributed by atoms with Crippen molar-refractivity contribution in [1.82, 2.24) is 14.5 Å². The number of amides is 1. The number of carbonyl (C=O) groups is 1. The maximum Gasteiger partial charge on any atom is 0.262 e. The van der Waals surface area contributed by atoms with Crippen LogP contribution >= 0.6 is 0 Å². The van der Waals surface area contributed by atoms with E-state index in [1.54, 1.807) is 16.8 Å². The Morgan fingerprint density at radius 3 is 2.67 bits per heavy atom. The number of nitrogens with zero attached hydrogens (tertiary/aromatic N) is 3. The van der Waals surface area contributed by atoms with E-state index in [4.69, 9.17) is 0 Å². The number of aryl methyl sites for hydroxylation is 1. The number of benzene rings is 2. The minimum atomic E-state index is -3.79. The molecule has 33 heavy (non-hydrogen) atoms. The molecule has 1 aliphatic rings. The monoisotopic (exact) mass is 465 g/mol. The molecule has 172 valence electrons. The van der Waals surface area contributed by atoms with Crippen LogP contribution in [0.1, 0.15) is 47.3 Å². The fourth-order valence-electron chi connectivity index (χ4n) is 3.79. The lowest BCUT2D eigenvalue weighted by Crippen LogP contribution is -2.30. The van der Waals surface area contributed by atoms with Gasteiger partial charge in [0, 0.05) is 18.7 Å². The topological polar surface area (TPSA) is 105 Å². The molecule has 0 aliphatic carbocycles. The van der Waals surface area contributed by atoms with Crippen LogP contribution in [0.4, 0.5) is 5.69 Å². The van der Waals surface area contributed by atoms with Crippen LogP contribution in [-0.4, -0.2) is 36.5 Å². The van der Waals surface area contributed by atoms with Crippen molar-refractivity contribution in [3.63, 3.8) is 0 Å². The second-order valence-electron chi connectivity index (χ2n) is 8.07. The molecule has 3 aromatic rings. The Labute approximate surface area is 193 Å². The number of rotatable bonds is 5. The second kappa shape index (κ2) is 9.58. The van der Waals surface area contributed by atoms with Gasteiger partial charge in [-0.25, -0.2) is 13.1 Å². The van der Waals surface area contributed by atoms with Crippen LogP contribution in [0.3, 0.4) is 0 Å². The Morgan fingerprint density at radius 1 is 1.03 bits per heavy atom. The normalized spacial score (nSPS) is 14.3. The second-order valence-corrected chi connectivity index (χ2v) is 9.75. The van der Waals surface area contributed by atoms with Crippen molar-refractivity contribution in [2.45, 2.75) is 44.4 Å². The molecule has 0 saturated carbocycles. The molecule has 8 nitrogen and oxygen atoms in total. The molecule has 0 unspecified atom stereocenters. The third-order valence-corrected chi connectivity index (χ3v) is 7.01. The summed E-state index contributed by atoms with van der Waals surface area (Å²) in [5.74, 6) is 0.129. The van der Waals surface area contributed by atoms with Gasteiger partial charge in [0.25, 0.3) is 15.9 Å². The van der Waals surface area contributed by atoms with Crippen LogP contribution < -0.4 is 10.0 Å². The molecule has 0 fully saturated rings. The first-order valence-corrected chi connectivity index (χ1v) is 12.4. The third-order valence-electron chi connectivity index (χ3n) is 5.63. The van der Waals surface area contributed by atoms with E-state index in [-0.39, 0.29) is 10.8 Å². The van der Waals surface area contributed by atoms with Crippen molar-refractivity contribution in [3.05, 3.63) is 71.5 Å². The summed E-state index contributed by atoms with van der Waals surface area (Å²) in [5, 5.41) is 7.17. The highest BCUT2D eigenvalue weighted by atomic mass is 32.2. The average Bonchev–Trinajstić information content (AvgIpc) is 2.99. The van der Waals surface area contributed by atoms with Gasteiger partial charge in [-0.15, -0.1) is 0 Å². The number of carbonyl (C=O) groups excluding carboxylic acids is 1. The lowest BCUT2D eigenvalue weighted by atomic mass is 10.2. The van der Waals surface area contributed by atoms with Crippen molar-refractivity contribution in [2.75, 3.05) is 11.9 Å². The Hall–Kier alpha value is -3.46. The van der Waals surface area contributed by atoms with Crippen LogP contribution in [0.25, 0.3) is 5.69 Å². The van der Waals surface area contributed by atoms with Crippen molar-refractivity contribution < 1.29 is 13.2 Å². The van der Waals surface area contributed by atoms with Crippen molar-refractivity contribution in [3.8, 4) is 5.69 Å². The number of amidine groups is 1. The number of hydrogen-bond acceptors (Lipinski definition) is 5. The SMILES string of the molecule is Cc1ccccc1-n1ncc(C(=O)Nc2cccc(S(=O)(=O)NC3=NCCCCC3)c2)c1C. The molecule has 2 heterocycles. The smallest absolute Gasteiger partial charge is 0.262 e. The summed E-state index contributed by atoms with van der Waals surface area (Å²) in [4.78, 5) is 17.3. The molecule has 2 N–H and O–H groups in total. The van der Waals surface area contributed by atoms with Crippen LogP contribution in [0.5, 0.6) is 0 Å². The molecule has 0 saturated heterocycles. The summed E-state index contributed by atoms with van der Waals surface area (Å²) in [5.41, 5.74) is 3.43. The summed E-state index contributed by atoms with van der Waals surface area (Å²) in [6.07, 6.45) is 5.04.